The molecule has 32 heavy (non-hydrogen) atoms. The zero-order chi connectivity index (χ0) is 22.8. The van der Waals surface area contributed by atoms with Crippen LogP contribution in [0.15, 0.2) is 42.5 Å². The first-order chi connectivity index (χ1) is 15.6. The van der Waals surface area contributed by atoms with Crippen LogP contribution >= 0.6 is 0 Å². The molecule has 2 aliphatic heterocycles. The summed E-state index contributed by atoms with van der Waals surface area (Å²) in [6.07, 6.45) is 8.42. The number of ether oxygens (including phenoxy) is 1. The highest BCUT2D eigenvalue weighted by Crippen LogP contribution is 2.21. The van der Waals surface area contributed by atoms with Gasteiger partial charge in [-0.3, -0.25) is 14.4 Å². The van der Waals surface area contributed by atoms with Crippen LogP contribution in [-0.2, 0) is 25.5 Å². The second kappa shape index (κ2) is 12.4. The number of likely N-dealkylation sites (tertiary alicyclic amines) is 1. The van der Waals surface area contributed by atoms with Crippen LogP contribution in [0.5, 0.6) is 0 Å². The summed E-state index contributed by atoms with van der Waals surface area (Å²) in [7, 11) is 0. The van der Waals surface area contributed by atoms with E-state index in [2.05, 4.69) is 5.32 Å². The molecule has 1 aromatic rings. The number of nitrogens with zero attached hydrogens (tertiary/aromatic N) is 1. The number of hydrogen-bond donors (Lipinski definition) is 2. The molecule has 2 amide bonds. The first-order valence-corrected chi connectivity index (χ1v) is 11.6. The predicted octanol–water partition coefficient (Wildman–Crippen LogP) is 2.38. The van der Waals surface area contributed by atoms with Gasteiger partial charge in [-0.15, -0.1) is 0 Å². The molecule has 1 saturated heterocycles. The molecule has 7 nitrogen and oxygen atoms in total. The number of rotatable bonds is 5. The number of carbonyl (C=O) groups is 3. The van der Waals surface area contributed by atoms with Crippen molar-refractivity contribution in [3.05, 3.63) is 48.0 Å². The van der Waals surface area contributed by atoms with Crippen molar-refractivity contribution in [3.8, 4) is 0 Å². The highest BCUT2D eigenvalue weighted by Gasteiger charge is 2.31. The Bertz CT molecular complexity index is 795. The van der Waals surface area contributed by atoms with Gasteiger partial charge in [-0.05, 0) is 44.1 Å². The fourth-order valence-corrected chi connectivity index (χ4v) is 4.34. The lowest BCUT2D eigenvalue weighted by molar-refractivity contribution is -0.145. The zero-order valence-corrected chi connectivity index (χ0v) is 18.6. The molecule has 0 aromatic heterocycles. The molecule has 0 saturated carbocycles. The number of nitrogens with one attached hydrogen (secondary N) is 1. The van der Waals surface area contributed by atoms with E-state index in [1.807, 2.05) is 42.5 Å². The summed E-state index contributed by atoms with van der Waals surface area (Å²) in [5.74, 6) is -1.07. The van der Waals surface area contributed by atoms with Gasteiger partial charge in [0.2, 0.25) is 11.8 Å². The Labute approximate surface area is 189 Å². The molecule has 0 bridgehead atoms. The van der Waals surface area contributed by atoms with Crippen molar-refractivity contribution in [1.29, 1.82) is 0 Å². The minimum atomic E-state index is -0.506. The van der Waals surface area contributed by atoms with E-state index in [9.17, 15) is 19.5 Å². The number of amides is 2. The van der Waals surface area contributed by atoms with Gasteiger partial charge >= 0.3 is 5.97 Å². The van der Waals surface area contributed by atoms with Gasteiger partial charge in [-0.25, -0.2) is 0 Å². The Morgan fingerprint density at radius 1 is 1.16 bits per heavy atom. The molecule has 174 valence electrons. The van der Waals surface area contributed by atoms with Crippen molar-refractivity contribution in [1.82, 2.24) is 10.2 Å². The van der Waals surface area contributed by atoms with E-state index >= 15 is 0 Å². The molecular formula is C25H34N2O5. The van der Waals surface area contributed by atoms with Crippen LogP contribution < -0.4 is 5.32 Å². The number of esters is 1. The van der Waals surface area contributed by atoms with Gasteiger partial charge in [0.05, 0.1) is 24.6 Å². The lowest BCUT2D eigenvalue weighted by Crippen LogP contribution is -2.45. The van der Waals surface area contributed by atoms with E-state index in [-0.39, 0.29) is 49.5 Å². The third-order valence-electron chi connectivity index (χ3n) is 6.16. The Balaban J connectivity index is 1.72. The standard InChI is InChI=1S/C25H34N2O5/c28-17-22-12-8-14-27(22)23(29)16-20-11-6-1-2-7-13-24(30)32-18-21(26-25(20)31)15-19-9-4-3-5-10-19/h1,3-6,9-10,20-22,28H,2,7-8,11-18H2,(H,26,31)/t20-,21-,22+/m1/s1. The topological polar surface area (TPSA) is 95.9 Å². The fraction of sp³-hybridized carbons (Fsp3) is 0.560. The fourth-order valence-electron chi connectivity index (χ4n) is 4.34. The van der Waals surface area contributed by atoms with Gasteiger partial charge < -0.3 is 20.1 Å². The van der Waals surface area contributed by atoms with E-state index in [1.54, 1.807) is 4.90 Å². The average molecular weight is 443 g/mol. The maximum atomic E-state index is 13.2. The van der Waals surface area contributed by atoms with E-state index < -0.39 is 5.92 Å². The number of aliphatic hydroxyl groups is 1. The summed E-state index contributed by atoms with van der Waals surface area (Å²) in [5.41, 5.74) is 1.04. The lowest BCUT2D eigenvalue weighted by Gasteiger charge is -2.26. The largest absolute Gasteiger partial charge is 0.463 e. The maximum absolute atomic E-state index is 13.2. The Morgan fingerprint density at radius 2 is 1.97 bits per heavy atom. The van der Waals surface area contributed by atoms with Gasteiger partial charge in [-0.2, -0.15) is 0 Å². The number of allylic oxidation sites excluding steroid dienone is 2. The second-order valence-electron chi connectivity index (χ2n) is 8.64. The quantitative estimate of drug-likeness (QED) is 0.539. The summed E-state index contributed by atoms with van der Waals surface area (Å²) in [6.45, 7) is 0.681. The van der Waals surface area contributed by atoms with Gasteiger partial charge in [0, 0.05) is 19.4 Å². The van der Waals surface area contributed by atoms with Crippen molar-refractivity contribution < 1.29 is 24.2 Å². The van der Waals surface area contributed by atoms with Crippen LogP contribution in [0, 0.1) is 5.92 Å². The van der Waals surface area contributed by atoms with E-state index in [4.69, 9.17) is 4.74 Å². The molecule has 1 aromatic carbocycles. The zero-order valence-electron chi connectivity index (χ0n) is 18.6. The first kappa shape index (κ1) is 24.0. The smallest absolute Gasteiger partial charge is 0.305 e. The first-order valence-electron chi connectivity index (χ1n) is 11.6. The predicted molar refractivity (Wildman–Crippen MR) is 121 cm³/mol. The van der Waals surface area contributed by atoms with E-state index in [0.29, 0.717) is 32.2 Å². The third kappa shape index (κ3) is 7.19. The van der Waals surface area contributed by atoms with Crippen LogP contribution in [0.1, 0.15) is 50.5 Å². The second-order valence-corrected chi connectivity index (χ2v) is 8.64. The average Bonchev–Trinajstić information content (AvgIpc) is 3.28. The number of hydrogen-bond acceptors (Lipinski definition) is 5. The molecule has 2 aliphatic rings. The molecule has 2 heterocycles. The summed E-state index contributed by atoms with van der Waals surface area (Å²) in [5, 5.41) is 12.6. The number of cyclic esters (lactones) is 1. The molecule has 0 spiro atoms. The number of carbonyl (C=O) groups excluding carboxylic acids is 3. The van der Waals surface area contributed by atoms with Crippen LogP contribution in [0.4, 0.5) is 0 Å². The third-order valence-corrected chi connectivity index (χ3v) is 6.16. The maximum Gasteiger partial charge on any atom is 0.305 e. The highest BCUT2D eigenvalue weighted by atomic mass is 16.5. The van der Waals surface area contributed by atoms with Crippen molar-refractivity contribution in [2.24, 2.45) is 5.92 Å². The minimum Gasteiger partial charge on any atom is -0.463 e. The van der Waals surface area contributed by atoms with Crippen molar-refractivity contribution >= 4 is 17.8 Å². The van der Waals surface area contributed by atoms with Gasteiger partial charge in [-0.1, -0.05) is 42.5 Å². The van der Waals surface area contributed by atoms with Gasteiger partial charge in [0.1, 0.15) is 6.61 Å². The molecule has 1 fully saturated rings. The molecule has 0 aliphatic carbocycles. The monoisotopic (exact) mass is 442 g/mol. The molecular weight excluding hydrogens is 408 g/mol. The van der Waals surface area contributed by atoms with Crippen molar-refractivity contribution in [3.63, 3.8) is 0 Å². The Morgan fingerprint density at radius 3 is 2.75 bits per heavy atom. The SMILES string of the molecule is O=C1CCCC=CC[C@H](CC(=O)N2CCC[C@H]2CO)C(=O)N[C@H](Cc2ccccc2)CO1. The number of aliphatic hydroxyl groups excluding tert-OH is 1. The molecule has 7 heteroatoms. The molecule has 0 unspecified atom stereocenters. The van der Waals surface area contributed by atoms with Crippen LogP contribution in [0.2, 0.25) is 0 Å². The molecule has 2 N–H and O–H groups in total. The summed E-state index contributed by atoms with van der Waals surface area (Å²) in [6, 6.07) is 9.22. The van der Waals surface area contributed by atoms with Crippen molar-refractivity contribution in [2.45, 2.75) is 63.5 Å². The molecule has 0 radical (unpaired) electrons. The minimum absolute atomic E-state index is 0.0486. The molecule has 3 atom stereocenters. The van der Waals surface area contributed by atoms with Crippen LogP contribution in [-0.4, -0.2) is 59.6 Å². The van der Waals surface area contributed by atoms with Crippen molar-refractivity contribution in [2.75, 3.05) is 19.8 Å². The van der Waals surface area contributed by atoms with E-state index in [0.717, 1.165) is 24.8 Å². The van der Waals surface area contributed by atoms with Gasteiger partial charge in [0.25, 0.3) is 0 Å². The normalized spacial score (nSPS) is 25.3. The summed E-state index contributed by atoms with van der Waals surface area (Å²) in [4.78, 5) is 39.9. The Kier molecular flexibility index (Phi) is 9.28. The highest BCUT2D eigenvalue weighted by molar-refractivity contribution is 5.86. The molecule has 3 rings (SSSR count). The number of benzene rings is 1. The lowest BCUT2D eigenvalue weighted by atomic mass is 9.97. The van der Waals surface area contributed by atoms with Gasteiger partial charge in [0.15, 0.2) is 0 Å². The van der Waals surface area contributed by atoms with E-state index in [1.165, 1.54) is 0 Å². The summed E-state index contributed by atoms with van der Waals surface area (Å²) >= 11 is 0. The van der Waals surface area contributed by atoms with Crippen LogP contribution in [0.25, 0.3) is 0 Å². The Hall–Kier alpha value is -2.67. The van der Waals surface area contributed by atoms with Crippen LogP contribution in [0.3, 0.4) is 0 Å². The summed E-state index contributed by atoms with van der Waals surface area (Å²) < 4.78 is 5.43.